The zero-order chi connectivity index (χ0) is 17.9. The van der Waals surface area contributed by atoms with Gasteiger partial charge in [-0.3, -0.25) is 0 Å². The lowest BCUT2D eigenvalue weighted by Crippen LogP contribution is -2.25. The van der Waals surface area contributed by atoms with E-state index in [-0.39, 0.29) is 6.73 Å². The third-order valence-electron chi connectivity index (χ3n) is 4.69. The van der Waals surface area contributed by atoms with Crippen LogP contribution in [0.2, 0.25) is 0 Å². The highest BCUT2D eigenvalue weighted by Gasteiger charge is 2.25. The number of aliphatic hydroxyl groups excluding tert-OH is 1. The summed E-state index contributed by atoms with van der Waals surface area (Å²) in [6, 6.07) is 16.3. The maximum atomic E-state index is 9.94. The lowest BCUT2D eigenvalue weighted by atomic mass is 9.96. The number of nitrogens with zero attached hydrogens (tertiary/aromatic N) is 4. The highest BCUT2D eigenvalue weighted by atomic mass is 16.5. The largest absolute Gasteiger partial charge is 0.380 e. The zero-order valence-corrected chi connectivity index (χ0v) is 14.8. The second-order valence-electron chi connectivity index (χ2n) is 6.22. The number of rotatable bonds is 5. The van der Waals surface area contributed by atoms with Crippen LogP contribution in [0.5, 0.6) is 0 Å². The van der Waals surface area contributed by atoms with Gasteiger partial charge in [-0.05, 0) is 18.6 Å². The van der Waals surface area contributed by atoms with Gasteiger partial charge in [0.1, 0.15) is 12.4 Å². The van der Waals surface area contributed by atoms with Crippen molar-refractivity contribution in [1.29, 1.82) is 0 Å². The van der Waals surface area contributed by atoms with Crippen LogP contribution in [-0.4, -0.2) is 40.0 Å². The summed E-state index contributed by atoms with van der Waals surface area (Å²) in [4.78, 5) is 1.95. The molecule has 1 aromatic heterocycles. The molecule has 6 heteroatoms. The Hall–Kier alpha value is -2.70. The van der Waals surface area contributed by atoms with E-state index in [1.165, 1.54) is 0 Å². The predicted molar refractivity (Wildman–Crippen MR) is 101 cm³/mol. The van der Waals surface area contributed by atoms with E-state index >= 15 is 0 Å². The molecule has 4 rings (SSSR count). The Labute approximate surface area is 152 Å². The molecule has 0 fully saturated rings. The Morgan fingerprint density at radius 1 is 1.08 bits per heavy atom. The minimum atomic E-state index is -0.0564. The van der Waals surface area contributed by atoms with Crippen LogP contribution in [0.15, 0.2) is 48.5 Å². The third-order valence-corrected chi connectivity index (χ3v) is 4.69. The van der Waals surface area contributed by atoms with Crippen molar-refractivity contribution in [2.24, 2.45) is 0 Å². The van der Waals surface area contributed by atoms with E-state index in [9.17, 15) is 5.11 Å². The van der Waals surface area contributed by atoms with Gasteiger partial charge < -0.3 is 14.7 Å². The molecule has 0 saturated carbocycles. The van der Waals surface area contributed by atoms with Crippen molar-refractivity contribution in [2.45, 2.75) is 20.0 Å². The van der Waals surface area contributed by atoms with Crippen molar-refractivity contribution in [2.75, 3.05) is 24.8 Å². The maximum absolute atomic E-state index is 9.94. The summed E-state index contributed by atoms with van der Waals surface area (Å²) in [6.45, 7) is 4.48. The number of ether oxygens (including phenoxy) is 1. The van der Waals surface area contributed by atoms with Gasteiger partial charge in [-0.1, -0.05) is 47.7 Å². The molecule has 0 atom stereocenters. The molecular weight excluding hydrogens is 328 g/mol. The number of hydrogen-bond donors (Lipinski definition) is 1. The molecule has 0 amide bonds. The van der Waals surface area contributed by atoms with E-state index in [0.29, 0.717) is 26.3 Å². The van der Waals surface area contributed by atoms with Crippen LogP contribution in [0, 0.1) is 0 Å². The second kappa shape index (κ2) is 7.27. The van der Waals surface area contributed by atoms with Crippen LogP contribution in [0.1, 0.15) is 12.5 Å². The summed E-state index contributed by atoms with van der Waals surface area (Å²) in [5.74, 6) is 0. The molecule has 0 bridgehead atoms. The van der Waals surface area contributed by atoms with Crippen LogP contribution >= 0.6 is 0 Å². The summed E-state index contributed by atoms with van der Waals surface area (Å²) in [5.41, 5.74) is 6.01. The smallest absolute Gasteiger partial charge is 0.123 e. The first-order chi connectivity index (χ1) is 12.8. The number of anilines is 1. The molecule has 1 aliphatic rings. The Kier molecular flexibility index (Phi) is 4.69. The van der Waals surface area contributed by atoms with Crippen LogP contribution in [0.4, 0.5) is 5.69 Å². The SMILES string of the molecule is CCOCCn1nnc2c1-c1ccccc1CN(CO)c1ccccc1-2. The summed E-state index contributed by atoms with van der Waals surface area (Å²) < 4.78 is 7.44. The van der Waals surface area contributed by atoms with Crippen molar-refractivity contribution in [3.63, 3.8) is 0 Å². The Bertz CT molecular complexity index is 906. The van der Waals surface area contributed by atoms with E-state index in [1.807, 2.05) is 52.9 Å². The molecule has 0 aliphatic carbocycles. The highest BCUT2D eigenvalue weighted by Crippen LogP contribution is 2.40. The molecule has 0 radical (unpaired) electrons. The Balaban J connectivity index is 1.93. The van der Waals surface area contributed by atoms with E-state index in [0.717, 1.165) is 33.8 Å². The van der Waals surface area contributed by atoms with Gasteiger partial charge in [-0.2, -0.15) is 0 Å². The summed E-state index contributed by atoms with van der Waals surface area (Å²) >= 11 is 0. The van der Waals surface area contributed by atoms with Gasteiger partial charge in [-0.15, -0.1) is 5.10 Å². The fourth-order valence-electron chi connectivity index (χ4n) is 3.47. The van der Waals surface area contributed by atoms with Crippen LogP contribution < -0.4 is 4.90 Å². The molecule has 134 valence electrons. The Morgan fingerprint density at radius 2 is 1.85 bits per heavy atom. The number of aliphatic hydroxyl groups is 1. The molecule has 26 heavy (non-hydrogen) atoms. The van der Waals surface area contributed by atoms with Gasteiger partial charge in [0.15, 0.2) is 0 Å². The number of aromatic nitrogens is 3. The van der Waals surface area contributed by atoms with Gasteiger partial charge in [0.25, 0.3) is 0 Å². The molecule has 0 unspecified atom stereocenters. The lowest BCUT2D eigenvalue weighted by molar-refractivity contribution is 0.136. The maximum Gasteiger partial charge on any atom is 0.123 e. The van der Waals surface area contributed by atoms with Crippen molar-refractivity contribution >= 4 is 5.69 Å². The van der Waals surface area contributed by atoms with E-state index in [4.69, 9.17) is 4.74 Å². The minimum Gasteiger partial charge on any atom is -0.380 e. The summed E-state index contributed by atoms with van der Waals surface area (Å²) in [7, 11) is 0. The first-order valence-electron chi connectivity index (χ1n) is 8.88. The van der Waals surface area contributed by atoms with Crippen molar-refractivity contribution in [1.82, 2.24) is 15.0 Å². The van der Waals surface area contributed by atoms with Crippen molar-refractivity contribution in [3.8, 4) is 22.5 Å². The van der Waals surface area contributed by atoms with Gasteiger partial charge in [0.2, 0.25) is 0 Å². The van der Waals surface area contributed by atoms with Gasteiger partial charge in [-0.25, -0.2) is 4.68 Å². The standard InChI is InChI=1S/C20H22N4O2/c1-2-26-12-11-24-20-16-8-4-3-7-15(16)13-23(14-25)18-10-6-5-9-17(18)19(20)21-22-24/h3-10,25H,2,11-14H2,1H3. The topological polar surface area (TPSA) is 63.4 Å². The molecule has 6 nitrogen and oxygen atoms in total. The average Bonchev–Trinajstić information content (AvgIpc) is 3.08. The van der Waals surface area contributed by atoms with Gasteiger partial charge >= 0.3 is 0 Å². The first kappa shape index (κ1) is 16.8. The highest BCUT2D eigenvalue weighted by molar-refractivity contribution is 5.87. The molecular formula is C20H22N4O2. The number of para-hydroxylation sites is 1. The lowest BCUT2D eigenvalue weighted by Gasteiger charge is -2.28. The zero-order valence-electron chi connectivity index (χ0n) is 14.8. The van der Waals surface area contributed by atoms with Crippen molar-refractivity contribution < 1.29 is 9.84 Å². The van der Waals surface area contributed by atoms with Gasteiger partial charge in [0, 0.05) is 30.0 Å². The monoisotopic (exact) mass is 350 g/mol. The number of fused-ring (bicyclic) bond motifs is 5. The first-order valence-corrected chi connectivity index (χ1v) is 8.88. The fourth-order valence-corrected chi connectivity index (χ4v) is 3.47. The molecule has 2 heterocycles. The molecule has 1 N–H and O–H groups in total. The molecule has 0 spiro atoms. The number of hydrogen-bond acceptors (Lipinski definition) is 5. The third kappa shape index (κ3) is 2.87. The van der Waals surface area contributed by atoms with Crippen LogP contribution in [0.3, 0.4) is 0 Å². The summed E-state index contributed by atoms with van der Waals surface area (Å²) in [5, 5.41) is 18.8. The van der Waals surface area contributed by atoms with E-state index < -0.39 is 0 Å². The molecule has 1 aliphatic heterocycles. The number of benzene rings is 2. The van der Waals surface area contributed by atoms with E-state index in [2.05, 4.69) is 22.4 Å². The van der Waals surface area contributed by atoms with E-state index in [1.54, 1.807) is 0 Å². The van der Waals surface area contributed by atoms with Gasteiger partial charge in [0.05, 0.1) is 18.8 Å². The quantitative estimate of drug-likeness (QED) is 0.717. The van der Waals surface area contributed by atoms with Crippen LogP contribution in [-0.2, 0) is 17.8 Å². The van der Waals surface area contributed by atoms with Crippen LogP contribution in [0.25, 0.3) is 22.5 Å². The molecule has 3 aromatic rings. The summed E-state index contributed by atoms with van der Waals surface area (Å²) in [6.07, 6.45) is 0. The molecule has 0 saturated heterocycles. The molecule has 2 aromatic carbocycles. The average molecular weight is 350 g/mol. The Morgan fingerprint density at radius 3 is 2.65 bits per heavy atom. The predicted octanol–water partition coefficient (Wildman–Crippen LogP) is 2.92. The fraction of sp³-hybridized carbons (Fsp3) is 0.300. The normalized spacial score (nSPS) is 12.8. The minimum absolute atomic E-state index is 0.0564. The second-order valence-corrected chi connectivity index (χ2v) is 6.22. The van der Waals surface area contributed by atoms with Crippen molar-refractivity contribution in [3.05, 3.63) is 54.1 Å².